The van der Waals surface area contributed by atoms with Gasteiger partial charge in [-0.25, -0.2) is 4.68 Å². The number of hydrogen-bond donors (Lipinski definition) is 2. The third-order valence-corrected chi connectivity index (χ3v) is 4.08. The second-order valence-corrected chi connectivity index (χ2v) is 5.51. The number of nitrogens with zero attached hydrogens (tertiary/aromatic N) is 2. The fourth-order valence-electron chi connectivity index (χ4n) is 2.56. The van der Waals surface area contributed by atoms with E-state index in [9.17, 15) is 4.79 Å². The van der Waals surface area contributed by atoms with Gasteiger partial charge < -0.3 is 11.1 Å². The molecule has 6 heteroatoms. The highest BCUT2D eigenvalue weighted by atomic mass is 35.5. The van der Waals surface area contributed by atoms with Crippen LogP contribution in [0.5, 0.6) is 0 Å². The number of aromatic nitrogens is 2. The molecule has 0 saturated heterocycles. The van der Waals surface area contributed by atoms with Crippen LogP contribution in [0, 0.1) is 0 Å². The van der Waals surface area contributed by atoms with E-state index in [2.05, 4.69) is 30.3 Å². The van der Waals surface area contributed by atoms with Gasteiger partial charge in [0.25, 0.3) is 0 Å². The number of benzene rings is 1. The van der Waals surface area contributed by atoms with Crippen molar-refractivity contribution < 1.29 is 4.79 Å². The molecule has 0 fully saturated rings. The van der Waals surface area contributed by atoms with E-state index in [1.54, 1.807) is 6.07 Å². The van der Waals surface area contributed by atoms with Gasteiger partial charge in [0, 0.05) is 16.9 Å². The zero-order valence-corrected chi connectivity index (χ0v) is 12.7. The Balaban J connectivity index is 2.14. The van der Waals surface area contributed by atoms with E-state index in [0.717, 1.165) is 35.5 Å². The summed E-state index contributed by atoms with van der Waals surface area (Å²) in [5.41, 5.74) is 10.1. The first-order valence-electron chi connectivity index (χ1n) is 7.03. The highest BCUT2D eigenvalue weighted by Crippen LogP contribution is 2.35. The Kier molecular flexibility index (Phi) is 3.47. The smallest absolute Gasteiger partial charge is 0.245 e. The number of halogens is 1. The minimum Gasteiger partial charge on any atom is -0.324 e. The molecular weight excluding hydrogens is 288 g/mol. The zero-order chi connectivity index (χ0) is 15.1. The van der Waals surface area contributed by atoms with Crippen molar-refractivity contribution in [2.75, 3.05) is 5.32 Å². The summed E-state index contributed by atoms with van der Waals surface area (Å²) in [6, 6.07) is 5.02. The van der Waals surface area contributed by atoms with Crippen LogP contribution < -0.4 is 11.1 Å². The molecular formula is C15H17ClN4O. The van der Waals surface area contributed by atoms with Crippen LogP contribution in [-0.4, -0.2) is 15.7 Å². The average Bonchev–Trinajstić information content (AvgIpc) is 3.01. The van der Waals surface area contributed by atoms with Crippen LogP contribution in [0.1, 0.15) is 36.8 Å². The van der Waals surface area contributed by atoms with Crippen molar-refractivity contribution in [3.63, 3.8) is 0 Å². The number of carbonyl (C=O) groups excluding carboxylic acids is 1. The minimum atomic E-state index is -0.652. The van der Waals surface area contributed by atoms with Crippen LogP contribution >= 0.6 is 11.6 Å². The molecule has 1 amide bonds. The van der Waals surface area contributed by atoms with Crippen LogP contribution in [-0.2, 0) is 17.6 Å². The van der Waals surface area contributed by atoms with Gasteiger partial charge in [-0.2, -0.15) is 5.10 Å². The Labute approximate surface area is 128 Å². The van der Waals surface area contributed by atoms with Crippen molar-refractivity contribution in [2.45, 2.75) is 32.7 Å². The summed E-state index contributed by atoms with van der Waals surface area (Å²) < 4.78 is 1.84. The molecule has 1 aromatic heterocycles. The lowest BCUT2D eigenvalue weighted by Gasteiger charge is -2.11. The summed E-state index contributed by atoms with van der Waals surface area (Å²) in [4.78, 5) is 11.7. The molecule has 1 aromatic carbocycles. The van der Waals surface area contributed by atoms with Crippen LogP contribution in [0.2, 0.25) is 5.02 Å². The SMILES string of the molecule is CCc1cc(CC)n(-c2cc3c(cc2Cl)C(N)C(=O)N3)n1. The molecule has 21 heavy (non-hydrogen) atoms. The standard InChI is InChI=1S/C15H17ClN4O/c1-3-8-5-9(4-2)20(19-8)13-7-12-10(6-11(13)16)14(17)15(21)18-12/h5-7,14H,3-4,17H2,1-2H3,(H,18,21). The summed E-state index contributed by atoms with van der Waals surface area (Å²) in [5, 5.41) is 7.90. The van der Waals surface area contributed by atoms with Gasteiger partial charge in [0.15, 0.2) is 0 Å². The summed E-state index contributed by atoms with van der Waals surface area (Å²) in [5.74, 6) is -0.205. The number of carbonyl (C=O) groups is 1. The monoisotopic (exact) mass is 304 g/mol. The number of nitrogens with one attached hydrogen (secondary N) is 1. The second-order valence-electron chi connectivity index (χ2n) is 5.10. The molecule has 0 aliphatic carbocycles. The number of nitrogens with two attached hydrogens (primary N) is 1. The fourth-order valence-corrected chi connectivity index (χ4v) is 2.82. The van der Waals surface area contributed by atoms with Crippen molar-refractivity contribution in [3.8, 4) is 5.69 Å². The van der Waals surface area contributed by atoms with Gasteiger partial charge in [0.05, 0.1) is 16.4 Å². The van der Waals surface area contributed by atoms with Crippen LogP contribution in [0.4, 0.5) is 5.69 Å². The highest BCUT2D eigenvalue weighted by Gasteiger charge is 2.28. The van der Waals surface area contributed by atoms with Gasteiger partial charge >= 0.3 is 0 Å². The summed E-state index contributed by atoms with van der Waals surface area (Å²) in [7, 11) is 0. The molecule has 0 spiro atoms. The Bertz CT molecular complexity index is 723. The molecule has 1 aliphatic heterocycles. The number of anilines is 1. The van der Waals surface area contributed by atoms with Crippen LogP contribution in [0.3, 0.4) is 0 Å². The predicted octanol–water partition coefficient (Wildman–Crippen LogP) is 2.60. The van der Waals surface area contributed by atoms with E-state index < -0.39 is 6.04 Å². The van der Waals surface area contributed by atoms with E-state index in [1.807, 2.05) is 10.7 Å². The third kappa shape index (κ3) is 2.22. The maximum absolute atomic E-state index is 11.7. The lowest BCUT2D eigenvalue weighted by atomic mass is 10.1. The average molecular weight is 305 g/mol. The topological polar surface area (TPSA) is 72.9 Å². The van der Waals surface area contributed by atoms with E-state index >= 15 is 0 Å². The number of fused-ring (bicyclic) bond motifs is 1. The number of hydrogen-bond acceptors (Lipinski definition) is 3. The first kappa shape index (κ1) is 14.1. The van der Waals surface area contributed by atoms with Gasteiger partial charge in [-0.1, -0.05) is 25.4 Å². The summed E-state index contributed by atoms with van der Waals surface area (Å²) in [6.07, 6.45) is 1.72. The molecule has 1 atom stereocenters. The van der Waals surface area contributed by atoms with Crippen molar-refractivity contribution >= 4 is 23.2 Å². The van der Waals surface area contributed by atoms with Crippen molar-refractivity contribution in [2.24, 2.45) is 5.73 Å². The lowest BCUT2D eigenvalue weighted by Crippen LogP contribution is -2.19. The van der Waals surface area contributed by atoms with Gasteiger partial charge in [0.2, 0.25) is 5.91 Å². The predicted molar refractivity (Wildman–Crippen MR) is 82.9 cm³/mol. The molecule has 0 bridgehead atoms. The fraction of sp³-hybridized carbons (Fsp3) is 0.333. The molecule has 0 radical (unpaired) electrons. The maximum Gasteiger partial charge on any atom is 0.245 e. The van der Waals surface area contributed by atoms with Crippen molar-refractivity contribution in [3.05, 3.63) is 40.2 Å². The minimum absolute atomic E-state index is 0.205. The summed E-state index contributed by atoms with van der Waals surface area (Å²) in [6.45, 7) is 4.14. The largest absolute Gasteiger partial charge is 0.324 e. The van der Waals surface area contributed by atoms with E-state index in [4.69, 9.17) is 17.3 Å². The Hall–Kier alpha value is -1.85. The molecule has 3 N–H and O–H groups in total. The Morgan fingerprint density at radius 3 is 2.76 bits per heavy atom. The van der Waals surface area contributed by atoms with E-state index in [-0.39, 0.29) is 5.91 Å². The molecule has 1 aliphatic rings. The molecule has 1 unspecified atom stereocenters. The molecule has 2 aromatic rings. The molecule has 5 nitrogen and oxygen atoms in total. The molecule has 2 heterocycles. The second kappa shape index (κ2) is 5.16. The molecule has 110 valence electrons. The molecule has 3 rings (SSSR count). The molecule has 0 saturated carbocycles. The van der Waals surface area contributed by atoms with Crippen LogP contribution in [0.25, 0.3) is 5.69 Å². The number of rotatable bonds is 3. The first-order valence-corrected chi connectivity index (χ1v) is 7.41. The Morgan fingerprint density at radius 1 is 1.33 bits per heavy atom. The highest BCUT2D eigenvalue weighted by molar-refractivity contribution is 6.32. The maximum atomic E-state index is 11.7. The Morgan fingerprint density at radius 2 is 2.10 bits per heavy atom. The first-order chi connectivity index (χ1) is 10.0. The number of aryl methyl sites for hydroxylation is 2. The summed E-state index contributed by atoms with van der Waals surface area (Å²) >= 11 is 6.38. The van der Waals surface area contributed by atoms with Gasteiger partial charge in [-0.15, -0.1) is 0 Å². The van der Waals surface area contributed by atoms with Crippen molar-refractivity contribution in [1.29, 1.82) is 0 Å². The zero-order valence-electron chi connectivity index (χ0n) is 12.0. The van der Waals surface area contributed by atoms with Crippen molar-refractivity contribution in [1.82, 2.24) is 9.78 Å². The normalized spacial score (nSPS) is 17.0. The van der Waals surface area contributed by atoms with Crippen LogP contribution in [0.15, 0.2) is 18.2 Å². The van der Waals surface area contributed by atoms with E-state index in [1.165, 1.54) is 0 Å². The van der Waals surface area contributed by atoms with E-state index in [0.29, 0.717) is 10.7 Å². The quantitative estimate of drug-likeness (QED) is 0.915. The van der Waals surface area contributed by atoms with Gasteiger partial charge in [0.1, 0.15) is 6.04 Å². The van der Waals surface area contributed by atoms with Gasteiger partial charge in [-0.3, -0.25) is 4.79 Å². The lowest BCUT2D eigenvalue weighted by molar-refractivity contribution is -0.116. The van der Waals surface area contributed by atoms with Gasteiger partial charge in [-0.05, 0) is 31.0 Å². The number of amides is 1. The third-order valence-electron chi connectivity index (χ3n) is 3.78.